The number of aromatic carboxylic acids is 1. The minimum Gasteiger partial charge on any atom is -0.495 e. The van der Waals surface area contributed by atoms with Crippen LogP contribution in [0.25, 0.3) is 0 Å². The van der Waals surface area contributed by atoms with E-state index in [-0.39, 0.29) is 70.9 Å². The molecule has 11 nitrogen and oxygen atoms in total. The summed E-state index contributed by atoms with van der Waals surface area (Å²) in [6.07, 6.45) is 4.12. The van der Waals surface area contributed by atoms with Crippen LogP contribution in [0.3, 0.4) is 0 Å². The van der Waals surface area contributed by atoms with Crippen LogP contribution in [0.15, 0.2) is 0 Å². The predicted molar refractivity (Wildman–Crippen MR) is 155 cm³/mol. The Morgan fingerprint density at radius 2 is 1.72 bits per heavy atom. The SMILES string of the molecule is COC(=O)CCC(C(=O)O)N1Cc2c(C(=O)O)c(OC)c(C)c(OCC3C(C)(O)CCC4C(C)(C)CCCC43C)c2C1=O. The van der Waals surface area contributed by atoms with Crippen molar-refractivity contribution < 1.29 is 48.7 Å². The highest BCUT2D eigenvalue weighted by Gasteiger charge is 2.58. The molecule has 0 spiro atoms. The van der Waals surface area contributed by atoms with E-state index in [1.54, 1.807) is 6.92 Å². The lowest BCUT2D eigenvalue weighted by atomic mass is 9.46. The number of carbonyl (C=O) groups is 4. The second-order valence-corrected chi connectivity index (χ2v) is 13.6. The van der Waals surface area contributed by atoms with E-state index in [9.17, 15) is 34.5 Å². The Hall–Kier alpha value is -3.34. The molecule has 1 amide bonds. The number of hydrogen-bond donors (Lipinski definition) is 3. The van der Waals surface area contributed by atoms with Gasteiger partial charge in [-0.2, -0.15) is 0 Å². The number of benzene rings is 1. The van der Waals surface area contributed by atoms with Crippen molar-refractivity contribution in [1.82, 2.24) is 4.90 Å². The van der Waals surface area contributed by atoms with Gasteiger partial charge in [-0.25, -0.2) is 9.59 Å². The Morgan fingerprint density at radius 3 is 2.30 bits per heavy atom. The van der Waals surface area contributed by atoms with Crippen LogP contribution in [0.5, 0.6) is 11.5 Å². The fourth-order valence-electron chi connectivity index (χ4n) is 8.49. The maximum atomic E-state index is 13.9. The van der Waals surface area contributed by atoms with Crippen LogP contribution in [-0.4, -0.2) is 76.5 Å². The van der Waals surface area contributed by atoms with E-state index in [1.165, 1.54) is 14.2 Å². The molecule has 1 aliphatic heterocycles. The fraction of sp³-hybridized carbons (Fsp3) is 0.688. The number of rotatable bonds is 10. The Bertz CT molecular complexity index is 1320. The number of carbonyl (C=O) groups excluding carboxylic acids is 2. The number of nitrogens with zero attached hydrogens (tertiary/aromatic N) is 1. The normalized spacial score (nSPS) is 28.5. The second-order valence-electron chi connectivity index (χ2n) is 13.6. The monoisotopic (exact) mass is 603 g/mol. The summed E-state index contributed by atoms with van der Waals surface area (Å²) in [6, 6.07) is -1.40. The van der Waals surface area contributed by atoms with Crippen LogP contribution in [0.4, 0.5) is 0 Å². The van der Waals surface area contributed by atoms with Crippen molar-refractivity contribution in [1.29, 1.82) is 0 Å². The van der Waals surface area contributed by atoms with Gasteiger partial charge < -0.3 is 34.4 Å². The molecular formula is C32H45NO10. The van der Waals surface area contributed by atoms with E-state index < -0.39 is 35.5 Å². The van der Waals surface area contributed by atoms with Crippen molar-refractivity contribution >= 4 is 23.8 Å². The quantitative estimate of drug-likeness (QED) is 0.326. The van der Waals surface area contributed by atoms with E-state index in [4.69, 9.17) is 9.47 Å². The van der Waals surface area contributed by atoms with Gasteiger partial charge in [-0.1, -0.05) is 27.2 Å². The van der Waals surface area contributed by atoms with Gasteiger partial charge >= 0.3 is 17.9 Å². The Balaban J connectivity index is 1.78. The highest BCUT2D eigenvalue weighted by molar-refractivity contribution is 6.08. The molecule has 0 radical (unpaired) electrons. The summed E-state index contributed by atoms with van der Waals surface area (Å²) in [6.45, 7) is 10.00. The Morgan fingerprint density at radius 1 is 1.05 bits per heavy atom. The number of amides is 1. The fourth-order valence-corrected chi connectivity index (χ4v) is 8.49. The molecule has 0 aromatic heterocycles. The molecule has 3 N–H and O–H groups in total. The number of methoxy groups -OCH3 is 2. The van der Waals surface area contributed by atoms with E-state index >= 15 is 0 Å². The number of carboxylic acids is 2. The third-order valence-electron chi connectivity index (χ3n) is 10.6. The van der Waals surface area contributed by atoms with Gasteiger partial charge in [-0.3, -0.25) is 9.59 Å². The first kappa shape index (κ1) is 32.6. The number of esters is 1. The van der Waals surface area contributed by atoms with Gasteiger partial charge in [0.25, 0.3) is 5.91 Å². The highest BCUT2D eigenvalue weighted by atomic mass is 16.5. The van der Waals surface area contributed by atoms with Gasteiger partial charge in [0.05, 0.1) is 32.0 Å². The number of hydrogen-bond acceptors (Lipinski definition) is 8. The zero-order chi connectivity index (χ0) is 32.1. The van der Waals surface area contributed by atoms with Crippen molar-refractivity contribution in [2.45, 2.75) is 97.8 Å². The molecule has 5 unspecified atom stereocenters. The van der Waals surface area contributed by atoms with Crippen molar-refractivity contribution in [3.63, 3.8) is 0 Å². The molecule has 5 atom stereocenters. The van der Waals surface area contributed by atoms with Crippen LogP contribution in [0, 0.1) is 29.6 Å². The zero-order valence-corrected chi connectivity index (χ0v) is 26.2. The summed E-state index contributed by atoms with van der Waals surface area (Å²) >= 11 is 0. The molecule has 2 fully saturated rings. The van der Waals surface area contributed by atoms with Crippen LogP contribution in [0.1, 0.15) is 104 Å². The molecule has 4 rings (SSSR count). The van der Waals surface area contributed by atoms with Gasteiger partial charge in [0.15, 0.2) is 0 Å². The van der Waals surface area contributed by atoms with Crippen molar-refractivity contribution in [2.75, 3.05) is 20.8 Å². The van der Waals surface area contributed by atoms with Gasteiger partial charge in [0, 0.05) is 30.0 Å². The molecule has 1 aromatic rings. The molecule has 0 saturated heterocycles. The Labute approximate surface area is 252 Å². The first-order valence-electron chi connectivity index (χ1n) is 14.9. The summed E-state index contributed by atoms with van der Waals surface area (Å²) < 4.78 is 16.7. The smallest absolute Gasteiger partial charge is 0.339 e. The zero-order valence-electron chi connectivity index (χ0n) is 26.2. The Kier molecular flexibility index (Phi) is 8.81. The summed E-state index contributed by atoms with van der Waals surface area (Å²) in [5.41, 5.74) is -1.03. The molecular weight excluding hydrogens is 558 g/mol. The molecule has 3 aliphatic rings. The average molecular weight is 604 g/mol. The van der Waals surface area contributed by atoms with Crippen LogP contribution >= 0.6 is 0 Å². The first-order valence-corrected chi connectivity index (χ1v) is 14.9. The van der Waals surface area contributed by atoms with Crippen molar-refractivity contribution in [3.05, 3.63) is 22.3 Å². The number of aliphatic hydroxyl groups is 1. The summed E-state index contributed by atoms with van der Waals surface area (Å²) in [7, 11) is 2.52. The molecule has 1 heterocycles. The maximum absolute atomic E-state index is 13.9. The largest absolute Gasteiger partial charge is 0.495 e. The lowest BCUT2D eigenvalue weighted by Gasteiger charge is -2.61. The molecule has 2 saturated carbocycles. The molecule has 11 heteroatoms. The topological polar surface area (TPSA) is 160 Å². The predicted octanol–water partition coefficient (Wildman–Crippen LogP) is 4.44. The molecule has 1 aromatic carbocycles. The molecule has 0 bridgehead atoms. The van der Waals surface area contributed by atoms with Gasteiger partial charge in [0.2, 0.25) is 0 Å². The van der Waals surface area contributed by atoms with E-state index in [0.717, 1.165) is 30.6 Å². The number of aliphatic carboxylic acids is 1. The number of ether oxygens (including phenoxy) is 3. The lowest BCUT2D eigenvalue weighted by Crippen LogP contribution is -2.59. The molecule has 2 aliphatic carbocycles. The summed E-state index contributed by atoms with van der Waals surface area (Å²) in [4.78, 5) is 51.5. The molecule has 238 valence electrons. The second kappa shape index (κ2) is 11.6. The third kappa shape index (κ3) is 5.56. The van der Waals surface area contributed by atoms with Gasteiger partial charge in [-0.15, -0.1) is 0 Å². The van der Waals surface area contributed by atoms with E-state index in [0.29, 0.717) is 17.9 Å². The van der Waals surface area contributed by atoms with Crippen molar-refractivity contribution in [2.24, 2.45) is 22.7 Å². The average Bonchev–Trinajstić information content (AvgIpc) is 3.23. The number of carboxylic acid groups (broad SMARTS) is 2. The van der Waals surface area contributed by atoms with Gasteiger partial charge in [0.1, 0.15) is 23.1 Å². The van der Waals surface area contributed by atoms with Crippen LogP contribution < -0.4 is 9.47 Å². The minimum absolute atomic E-state index is 0.0237. The first-order chi connectivity index (χ1) is 20.0. The summed E-state index contributed by atoms with van der Waals surface area (Å²) in [5.74, 6) is -3.75. The lowest BCUT2D eigenvalue weighted by molar-refractivity contribution is -0.176. The third-order valence-corrected chi connectivity index (χ3v) is 10.6. The van der Waals surface area contributed by atoms with Crippen LogP contribution in [0.2, 0.25) is 0 Å². The van der Waals surface area contributed by atoms with E-state index in [2.05, 4.69) is 25.5 Å². The minimum atomic E-state index is -1.40. The van der Waals surface area contributed by atoms with E-state index in [1.807, 2.05) is 6.92 Å². The number of fused-ring (bicyclic) bond motifs is 2. The standard InChI is InChI=1S/C32H45NO10/c1-17-25(42-7)24(29(38)39)18-15-33(19(28(36)37)9-10-22(34)41-6)27(35)23(18)26(17)43-16-21-31(4)13-8-12-30(2,3)20(31)11-14-32(21,5)40/h19-21,40H,8-16H2,1-7H3,(H,36,37)(H,38,39). The molecule has 43 heavy (non-hydrogen) atoms. The summed E-state index contributed by atoms with van der Waals surface area (Å²) in [5, 5.41) is 31.8. The van der Waals surface area contributed by atoms with Crippen LogP contribution in [-0.2, 0) is 20.9 Å². The highest BCUT2D eigenvalue weighted by Crippen LogP contribution is 2.62. The maximum Gasteiger partial charge on any atom is 0.339 e. The van der Waals surface area contributed by atoms with Gasteiger partial charge in [-0.05, 0) is 62.7 Å². The van der Waals surface area contributed by atoms with Crippen molar-refractivity contribution in [3.8, 4) is 11.5 Å².